The molecule has 0 aliphatic heterocycles. The molecule has 0 spiro atoms. The fourth-order valence-electron chi connectivity index (χ4n) is 2.54. The predicted molar refractivity (Wildman–Crippen MR) is 98.6 cm³/mol. The summed E-state index contributed by atoms with van der Waals surface area (Å²) in [7, 11) is -6.56. The zero-order valence-corrected chi connectivity index (χ0v) is 16.9. The van der Waals surface area contributed by atoms with E-state index >= 15 is 0 Å². The lowest BCUT2D eigenvalue weighted by molar-refractivity contribution is 0.317. The average molecular weight is 392 g/mol. The lowest BCUT2D eigenvalue weighted by Crippen LogP contribution is -2.41. The summed E-state index contributed by atoms with van der Waals surface area (Å²) in [6.45, 7) is 6.59. The summed E-state index contributed by atoms with van der Waals surface area (Å²) < 4.78 is 50.0. The minimum absolute atomic E-state index is 0.0685. The van der Waals surface area contributed by atoms with E-state index in [2.05, 4.69) is 25.5 Å². The fraction of sp³-hybridized carbons (Fsp3) is 0.625. The van der Waals surface area contributed by atoms with E-state index < -0.39 is 19.9 Å². The second-order valence-electron chi connectivity index (χ2n) is 7.33. The van der Waals surface area contributed by atoms with Crippen molar-refractivity contribution in [1.82, 2.24) is 4.72 Å². The van der Waals surface area contributed by atoms with Crippen molar-refractivity contribution < 1.29 is 16.8 Å². The number of rotatable bonds is 6. The minimum Gasteiger partial charge on any atom is -0.229 e. The molecule has 0 aromatic heterocycles. The first-order valence-electron chi connectivity index (χ1n) is 7.84. The highest BCUT2D eigenvalue weighted by molar-refractivity contribution is 8.00. The van der Waals surface area contributed by atoms with E-state index in [1.54, 1.807) is 23.9 Å². The largest absolute Gasteiger partial charge is 0.240 e. The normalized spacial score (nSPS) is 22.2. The van der Waals surface area contributed by atoms with E-state index in [1.165, 1.54) is 6.26 Å². The maximum atomic E-state index is 12.3. The Balaban J connectivity index is 1.92. The van der Waals surface area contributed by atoms with Crippen LogP contribution in [0.3, 0.4) is 0 Å². The van der Waals surface area contributed by atoms with Gasteiger partial charge in [-0.25, -0.2) is 21.6 Å². The molecule has 0 atom stereocenters. The summed E-state index contributed by atoms with van der Waals surface area (Å²) in [4.78, 5) is 1.26. The third kappa shape index (κ3) is 5.47. The lowest BCUT2D eigenvalue weighted by atomic mass is 9.85. The van der Waals surface area contributed by atoms with E-state index in [9.17, 15) is 16.8 Å². The van der Waals surface area contributed by atoms with Gasteiger partial charge in [-0.05, 0) is 43.0 Å². The first-order valence-corrected chi connectivity index (χ1v) is 12.1. The Labute approximate surface area is 149 Å². The van der Waals surface area contributed by atoms with Crippen molar-refractivity contribution in [2.45, 2.75) is 53.4 Å². The van der Waals surface area contributed by atoms with Gasteiger partial charge in [0.15, 0.2) is 0 Å². The Bertz CT molecular complexity index is 772. The molecular weight excluding hydrogens is 366 g/mol. The van der Waals surface area contributed by atoms with Crippen LogP contribution in [-0.4, -0.2) is 39.6 Å². The highest BCUT2D eigenvalue weighted by Crippen LogP contribution is 2.33. The van der Waals surface area contributed by atoms with Gasteiger partial charge in [-0.2, -0.15) is 0 Å². The molecule has 1 aromatic carbocycles. The van der Waals surface area contributed by atoms with Gasteiger partial charge in [-0.15, -0.1) is 11.8 Å². The summed E-state index contributed by atoms with van der Waals surface area (Å²) in [5, 5.41) is -0.319. The molecule has 1 aromatic rings. The number of thioether (sulfide) groups is 1. The molecule has 1 N–H and O–H groups in total. The summed E-state index contributed by atoms with van der Waals surface area (Å²) in [6.07, 6.45) is 2.29. The molecular formula is C16H25NO4S3. The molecule has 24 heavy (non-hydrogen) atoms. The lowest BCUT2D eigenvalue weighted by Gasteiger charge is -2.33. The maximum Gasteiger partial charge on any atom is 0.240 e. The van der Waals surface area contributed by atoms with Crippen LogP contribution in [0.2, 0.25) is 0 Å². The van der Waals surface area contributed by atoms with E-state index in [0.29, 0.717) is 12.8 Å². The third-order valence-corrected chi connectivity index (χ3v) is 8.07. The summed E-state index contributed by atoms with van der Waals surface area (Å²) in [5.41, 5.74) is 0. The molecule has 0 bridgehead atoms. The SMILES string of the molecule is CC(C)(C)Sc1ccc(S(=O)(=O)NCC2CC(S(C)(=O)=O)C2)cc1. The van der Waals surface area contributed by atoms with E-state index in [-0.39, 0.29) is 27.4 Å². The second-order valence-corrected chi connectivity index (χ2v) is 13.3. The zero-order valence-electron chi connectivity index (χ0n) is 14.4. The number of hydrogen-bond donors (Lipinski definition) is 1. The molecule has 0 unspecified atom stereocenters. The molecule has 1 saturated carbocycles. The Morgan fingerprint density at radius 3 is 2.08 bits per heavy atom. The van der Waals surface area contributed by atoms with Crippen LogP contribution in [-0.2, 0) is 19.9 Å². The van der Waals surface area contributed by atoms with E-state index in [1.807, 2.05) is 12.1 Å². The van der Waals surface area contributed by atoms with Crippen molar-refractivity contribution in [2.75, 3.05) is 12.8 Å². The van der Waals surface area contributed by atoms with Crippen molar-refractivity contribution in [3.8, 4) is 0 Å². The number of benzene rings is 1. The van der Waals surface area contributed by atoms with Crippen LogP contribution in [0.15, 0.2) is 34.1 Å². The van der Waals surface area contributed by atoms with Gasteiger partial charge in [0.05, 0.1) is 10.1 Å². The molecule has 1 aliphatic carbocycles. The van der Waals surface area contributed by atoms with E-state index in [0.717, 1.165) is 4.90 Å². The van der Waals surface area contributed by atoms with Crippen molar-refractivity contribution in [1.29, 1.82) is 0 Å². The van der Waals surface area contributed by atoms with Gasteiger partial charge in [0.1, 0.15) is 9.84 Å². The van der Waals surface area contributed by atoms with Crippen LogP contribution in [0, 0.1) is 5.92 Å². The van der Waals surface area contributed by atoms with Crippen molar-refractivity contribution in [2.24, 2.45) is 5.92 Å². The van der Waals surface area contributed by atoms with Gasteiger partial charge in [-0.3, -0.25) is 0 Å². The van der Waals surface area contributed by atoms with Gasteiger partial charge in [0.25, 0.3) is 0 Å². The second kappa shape index (κ2) is 6.97. The van der Waals surface area contributed by atoms with Crippen molar-refractivity contribution in [3.05, 3.63) is 24.3 Å². The smallest absolute Gasteiger partial charge is 0.229 e. The molecule has 5 nitrogen and oxygen atoms in total. The number of sulfonamides is 1. The van der Waals surface area contributed by atoms with Crippen LogP contribution in [0.4, 0.5) is 0 Å². The average Bonchev–Trinajstić information content (AvgIpc) is 2.33. The molecule has 0 saturated heterocycles. The van der Waals surface area contributed by atoms with Crippen LogP contribution in [0.25, 0.3) is 0 Å². The highest BCUT2D eigenvalue weighted by Gasteiger charge is 2.36. The van der Waals surface area contributed by atoms with Crippen LogP contribution < -0.4 is 4.72 Å². The molecule has 8 heteroatoms. The van der Waals surface area contributed by atoms with Crippen LogP contribution in [0.1, 0.15) is 33.6 Å². The molecule has 1 aliphatic rings. The number of nitrogens with one attached hydrogen (secondary N) is 1. The first-order chi connectivity index (χ1) is 10.9. The standard InChI is InChI=1S/C16H25NO4S3/c1-16(2,3)22-13-5-7-14(8-6-13)24(20,21)17-11-12-9-15(10-12)23(4,18)19/h5-8,12,15,17H,9-11H2,1-4H3. The Hall–Kier alpha value is -0.570. The van der Waals surface area contributed by atoms with Gasteiger partial charge in [0.2, 0.25) is 10.0 Å². The van der Waals surface area contributed by atoms with Crippen molar-refractivity contribution >= 4 is 31.6 Å². The highest BCUT2D eigenvalue weighted by atomic mass is 32.2. The van der Waals surface area contributed by atoms with Crippen LogP contribution >= 0.6 is 11.8 Å². The van der Waals surface area contributed by atoms with Crippen LogP contribution in [0.5, 0.6) is 0 Å². The first kappa shape index (κ1) is 19.8. The topological polar surface area (TPSA) is 80.3 Å². The Kier molecular flexibility index (Phi) is 5.74. The number of sulfone groups is 1. The quantitative estimate of drug-likeness (QED) is 0.754. The molecule has 1 fully saturated rings. The number of hydrogen-bond acceptors (Lipinski definition) is 5. The molecule has 136 valence electrons. The third-order valence-electron chi connectivity index (χ3n) is 3.92. The van der Waals surface area contributed by atoms with Gasteiger partial charge >= 0.3 is 0 Å². The zero-order chi connectivity index (χ0) is 18.2. The summed E-state index contributed by atoms with van der Waals surface area (Å²) in [5.74, 6) is 0.0928. The fourth-order valence-corrected chi connectivity index (χ4v) is 5.88. The predicted octanol–water partition coefficient (Wildman–Crippen LogP) is 2.68. The Morgan fingerprint density at radius 1 is 1.08 bits per heavy atom. The minimum atomic E-state index is -3.55. The molecule has 2 rings (SSSR count). The van der Waals surface area contributed by atoms with Gasteiger partial charge < -0.3 is 0 Å². The monoisotopic (exact) mass is 391 g/mol. The summed E-state index contributed by atoms with van der Waals surface area (Å²) in [6, 6.07) is 6.84. The molecule has 0 amide bonds. The maximum absolute atomic E-state index is 12.3. The molecule has 0 radical (unpaired) electrons. The Morgan fingerprint density at radius 2 is 1.62 bits per heavy atom. The molecule has 0 heterocycles. The van der Waals surface area contributed by atoms with Crippen molar-refractivity contribution in [3.63, 3.8) is 0 Å². The van der Waals surface area contributed by atoms with Gasteiger partial charge in [0, 0.05) is 22.4 Å². The summed E-state index contributed by atoms with van der Waals surface area (Å²) >= 11 is 1.68. The van der Waals surface area contributed by atoms with E-state index in [4.69, 9.17) is 0 Å². The van der Waals surface area contributed by atoms with Gasteiger partial charge in [-0.1, -0.05) is 20.8 Å².